The molecule has 1 aliphatic heterocycles. The Morgan fingerprint density at radius 1 is 0.724 bits per heavy atom. The molecule has 5 rings (SSSR count). The van der Waals surface area contributed by atoms with E-state index in [0.29, 0.717) is 17.0 Å². The average Bonchev–Trinajstić information content (AvgIpc) is 2.97. The molecule has 1 aliphatic rings. The number of para-hydroxylation sites is 2. The fourth-order valence-electron chi connectivity index (χ4n) is 3.58. The average molecular weight is 398 g/mol. The van der Waals surface area contributed by atoms with Crippen LogP contribution in [0.3, 0.4) is 0 Å². The molecule has 0 spiro atoms. The van der Waals surface area contributed by atoms with Crippen LogP contribution in [0.25, 0.3) is 22.2 Å². The van der Waals surface area contributed by atoms with Gasteiger partial charge in [-0.15, -0.1) is 0 Å². The maximum atomic E-state index is 10.3. The molecule has 0 saturated carbocycles. The first-order valence-electron chi connectivity index (χ1n) is 9.35. The van der Waals surface area contributed by atoms with E-state index in [0.717, 1.165) is 39.2 Å². The summed E-state index contributed by atoms with van der Waals surface area (Å²) >= 11 is 1.77. The largest absolute Gasteiger partial charge is 0.507 e. The van der Waals surface area contributed by atoms with Gasteiger partial charge in [0.1, 0.15) is 11.5 Å². The molecule has 1 aromatic heterocycles. The Labute approximate surface area is 172 Å². The first kappa shape index (κ1) is 17.8. The zero-order valence-electron chi connectivity index (χ0n) is 15.5. The van der Waals surface area contributed by atoms with Gasteiger partial charge in [-0.3, -0.25) is 0 Å². The Balaban J connectivity index is 1.73. The van der Waals surface area contributed by atoms with Crippen LogP contribution in [0.1, 0.15) is 11.1 Å². The molecule has 29 heavy (non-hydrogen) atoms. The number of nitrogens with zero attached hydrogens (tertiary/aromatic N) is 2. The van der Waals surface area contributed by atoms with E-state index in [1.807, 2.05) is 42.5 Å². The van der Waals surface area contributed by atoms with Gasteiger partial charge in [-0.25, -0.2) is 9.98 Å². The molecule has 142 valence electrons. The van der Waals surface area contributed by atoms with Gasteiger partial charge in [0.15, 0.2) is 0 Å². The Hall–Kier alpha value is -3.31. The van der Waals surface area contributed by atoms with Gasteiger partial charge in [0.2, 0.25) is 0 Å². The summed E-state index contributed by atoms with van der Waals surface area (Å²) in [7, 11) is 0. The third-order valence-electron chi connectivity index (χ3n) is 5.06. The highest BCUT2D eigenvalue weighted by Gasteiger charge is 2.18. The van der Waals surface area contributed by atoms with Crippen LogP contribution in [0.15, 0.2) is 77.8 Å². The first-order chi connectivity index (χ1) is 14.2. The zero-order chi connectivity index (χ0) is 19.8. The van der Waals surface area contributed by atoms with Crippen molar-refractivity contribution in [2.45, 2.75) is 5.75 Å². The van der Waals surface area contributed by atoms with E-state index in [9.17, 15) is 10.2 Å². The van der Waals surface area contributed by atoms with Crippen LogP contribution in [0.4, 0.5) is 5.69 Å². The van der Waals surface area contributed by atoms with Gasteiger partial charge in [-0.2, -0.15) is 11.8 Å². The smallest absolute Gasteiger partial charge is 0.124 e. The van der Waals surface area contributed by atoms with Crippen molar-refractivity contribution in [3.63, 3.8) is 0 Å². The van der Waals surface area contributed by atoms with E-state index in [2.05, 4.69) is 12.1 Å². The lowest BCUT2D eigenvalue weighted by atomic mass is 10.1. The van der Waals surface area contributed by atoms with Crippen LogP contribution in [-0.4, -0.2) is 26.7 Å². The summed E-state index contributed by atoms with van der Waals surface area (Å²) in [6.07, 6.45) is 0. The summed E-state index contributed by atoms with van der Waals surface area (Å²) in [5, 5.41) is 21.5. The SMILES string of the molecule is Oc1ccccc1C1=Nc2c(ccc3ccc(-c4ccccc4O)nc23)CSC1. The number of phenolic OH excluding ortho intramolecular Hbond substituents is 2. The van der Waals surface area contributed by atoms with Gasteiger partial charge in [0, 0.05) is 28.0 Å². The number of fused-ring (bicyclic) bond motifs is 3. The number of pyridine rings is 1. The number of aromatic nitrogens is 1. The third-order valence-corrected chi connectivity index (χ3v) is 6.05. The quantitative estimate of drug-likeness (QED) is 0.456. The predicted octanol–water partition coefficient (Wildman–Crippen LogP) is 5.68. The molecule has 2 N–H and O–H groups in total. The Bertz CT molecular complexity index is 1270. The summed E-state index contributed by atoms with van der Waals surface area (Å²) in [5.41, 5.74) is 5.76. The molecular formula is C24H18N2O2S. The van der Waals surface area contributed by atoms with E-state index in [4.69, 9.17) is 9.98 Å². The number of hydrogen-bond donors (Lipinski definition) is 2. The van der Waals surface area contributed by atoms with Crippen molar-refractivity contribution in [2.24, 2.45) is 4.99 Å². The van der Waals surface area contributed by atoms with Crippen molar-refractivity contribution in [3.05, 3.63) is 83.9 Å². The molecule has 0 radical (unpaired) electrons. The van der Waals surface area contributed by atoms with Crippen LogP contribution in [0.2, 0.25) is 0 Å². The van der Waals surface area contributed by atoms with Crippen LogP contribution < -0.4 is 0 Å². The Morgan fingerprint density at radius 2 is 1.41 bits per heavy atom. The minimum absolute atomic E-state index is 0.204. The fraction of sp³-hybridized carbons (Fsp3) is 0.0833. The van der Waals surface area contributed by atoms with Crippen molar-refractivity contribution in [1.29, 1.82) is 0 Å². The van der Waals surface area contributed by atoms with Crippen LogP contribution in [0, 0.1) is 0 Å². The van der Waals surface area contributed by atoms with Crippen molar-refractivity contribution >= 4 is 34.1 Å². The second-order valence-corrected chi connectivity index (χ2v) is 7.91. The van der Waals surface area contributed by atoms with Crippen LogP contribution >= 0.6 is 11.8 Å². The summed E-state index contributed by atoms with van der Waals surface area (Å²) in [5.74, 6) is 1.98. The molecule has 5 heteroatoms. The number of hydrogen-bond acceptors (Lipinski definition) is 5. The van der Waals surface area contributed by atoms with E-state index in [1.54, 1.807) is 30.0 Å². The molecule has 2 heterocycles. The van der Waals surface area contributed by atoms with Crippen molar-refractivity contribution in [2.75, 3.05) is 5.75 Å². The number of benzene rings is 3. The maximum absolute atomic E-state index is 10.3. The van der Waals surface area contributed by atoms with Crippen molar-refractivity contribution in [3.8, 4) is 22.8 Å². The predicted molar refractivity (Wildman–Crippen MR) is 119 cm³/mol. The lowest BCUT2D eigenvalue weighted by Gasteiger charge is -2.10. The highest BCUT2D eigenvalue weighted by atomic mass is 32.2. The number of phenols is 2. The number of aliphatic imine (C=N–C) groups is 1. The first-order valence-corrected chi connectivity index (χ1v) is 10.5. The van der Waals surface area contributed by atoms with Crippen LogP contribution in [0.5, 0.6) is 11.5 Å². The Kier molecular flexibility index (Phi) is 4.45. The van der Waals surface area contributed by atoms with E-state index in [-0.39, 0.29) is 11.5 Å². The fourth-order valence-corrected chi connectivity index (χ4v) is 4.55. The molecule has 0 amide bonds. The molecule has 0 aliphatic carbocycles. The normalized spacial score (nSPS) is 13.6. The van der Waals surface area contributed by atoms with Crippen molar-refractivity contribution < 1.29 is 10.2 Å². The van der Waals surface area contributed by atoms with Gasteiger partial charge < -0.3 is 10.2 Å². The molecule has 4 aromatic rings. The minimum Gasteiger partial charge on any atom is -0.507 e. The molecular weight excluding hydrogens is 380 g/mol. The maximum Gasteiger partial charge on any atom is 0.124 e. The topological polar surface area (TPSA) is 65.7 Å². The molecule has 3 aromatic carbocycles. The van der Waals surface area contributed by atoms with Gasteiger partial charge in [0.05, 0.1) is 22.6 Å². The molecule has 4 nitrogen and oxygen atoms in total. The van der Waals surface area contributed by atoms with E-state index < -0.39 is 0 Å². The lowest BCUT2D eigenvalue weighted by molar-refractivity contribution is 0.474. The molecule has 0 bridgehead atoms. The summed E-state index contributed by atoms with van der Waals surface area (Å²) in [6, 6.07) is 22.6. The van der Waals surface area contributed by atoms with Gasteiger partial charge in [-0.1, -0.05) is 42.5 Å². The lowest BCUT2D eigenvalue weighted by Crippen LogP contribution is -2.03. The highest BCUT2D eigenvalue weighted by Crippen LogP contribution is 2.37. The highest BCUT2D eigenvalue weighted by molar-refractivity contribution is 7.99. The molecule has 0 saturated heterocycles. The van der Waals surface area contributed by atoms with Gasteiger partial charge in [0.25, 0.3) is 0 Å². The Morgan fingerprint density at radius 3 is 2.17 bits per heavy atom. The summed E-state index contributed by atoms with van der Waals surface area (Å²) in [4.78, 5) is 9.84. The number of rotatable bonds is 2. The zero-order valence-corrected chi connectivity index (χ0v) is 16.4. The second kappa shape index (κ2) is 7.26. The van der Waals surface area contributed by atoms with Gasteiger partial charge in [-0.05, 0) is 35.9 Å². The standard InChI is InChI=1S/C24H18N2O2S/c27-21-7-3-1-5-17(21)19-12-11-15-9-10-16-13-29-14-20(26-24(16)23(15)25-19)18-6-2-4-8-22(18)28/h1-12,27-28H,13-14H2. The monoisotopic (exact) mass is 398 g/mol. The minimum atomic E-state index is 0.204. The molecule has 0 fully saturated rings. The summed E-state index contributed by atoms with van der Waals surface area (Å²) in [6.45, 7) is 0. The van der Waals surface area contributed by atoms with E-state index in [1.165, 1.54) is 0 Å². The van der Waals surface area contributed by atoms with Gasteiger partial charge >= 0.3 is 0 Å². The third kappa shape index (κ3) is 3.23. The second-order valence-electron chi connectivity index (χ2n) is 6.93. The number of thioether (sulfide) groups is 1. The molecule has 0 unspecified atom stereocenters. The number of aromatic hydroxyl groups is 2. The van der Waals surface area contributed by atoms with Crippen LogP contribution in [-0.2, 0) is 5.75 Å². The summed E-state index contributed by atoms with van der Waals surface area (Å²) < 4.78 is 0. The molecule has 0 atom stereocenters. The van der Waals surface area contributed by atoms with Crippen molar-refractivity contribution in [1.82, 2.24) is 4.98 Å². The van der Waals surface area contributed by atoms with E-state index >= 15 is 0 Å².